The van der Waals surface area contributed by atoms with Crippen LogP contribution in [0, 0.1) is 0 Å². The lowest BCUT2D eigenvalue weighted by molar-refractivity contribution is -0.136. The molecule has 0 atom stereocenters. The smallest absolute Gasteiger partial charge is 0.347 e. The first-order valence-electron chi connectivity index (χ1n) is 5.57. The fourth-order valence-corrected chi connectivity index (χ4v) is 2.25. The minimum atomic E-state index is -3.80. The predicted molar refractivity (Wildman–Crippen MR) is 60.3 cm³/mol. The normalized spacial score (nSPS) is 11.4. The Kier molecular flexibility index (Phi) is 8.19. The van der Waals surface area contributed by atoms with Gasteiger partial charge in [0, 0.05) is 0 Å². The van der Waals surface area contributed by atoms with Crippen LogP contribution in [0.3, 0.4) is 0 Å². The van der Waals surface area contributed by atoms with Crippen molar-refractivity contribution in [3.63, 3.8) is 0 Å². The van der Waals surface area contributed by atoms with Crippen molar-refractivity contribution in [3.8, 4) is 0 Å². The number of aliphatic hydroxyl groups is 1. The van der Waals surface area contributed by atoms with Gasteiger partial charge in [-0.25, -0.2) is 4.79 Å². The Hall–Kier alpha value is -0.620. The Morgan fingerprint density at radius 2 is 1.69 bits per heavy atom. The number of aliphatic hydroxyl groups excluding tert-OH is 1. The standard InChI is InChI=1S/C10H20O5S/c1-2-3-4-5-6-7-8-16(13,14)15-10(12)9-11/h11H,2-9H2,1H3. The average Bonchev–Trinajstić information content (AvgIpc) is 2.22. The van der Waals surface area contributed by atoms with Crippen LogP contribution >= 0.6 is 0 Å². The maximum atomic E-state index is 11.1. The molecule has 0 bridgehead atoms. The summed E-state index contributed by atoms with van der Waals surface area (Å²) in [6.45, 7) is 1.20. The van der Waals surface area contributed by atoms with Gasteiger partial charge >= 0.3 is 16.1 Å². The van der Waals surface area contributed by atoms with Gasteiger partial charge in [-0.3, -0.25) is 0 Å². The second-order valence-electron chi connectivity index (χ2n) is 3.64. The van der Waals surface area contributed by atoms with Crippen molar-refractivity contribution in [2.75, 3.05) is 12.4 Å². The maximum absolute atomic E-state index is 11.1. The Labute approximate surface area is 96.9 Å². The summed E-state index contributed by atoms with van der Waals surface area (Å²) < 4.78 is 26.4. The first kappa shape index (κ1) is 15.4. The molecule has 0 aliphatic rings. The summed E-state index contributed by atoms with van der Waals surface area (Å²) >= 11 is 0. The van der Waals surface area contributed by atoms with Crippen LogP contribution in [-0.2, 0) is 19.1 Å². The van der Waals surface area contributed by atoms with Crippen molar-refractivity contribution in [2.24, 2.45) is 0 Å². The average molecular weight is 252 g/mol. The van der Waals surface area contributed by atoms with Gasteiger partial charge in [-0.15, -0.1) is 0 Å². The van der Waals surface area contributed by atoms with E-state index in [-0.39, 0.29) is 5.75 Å². The lowest BCUT2D eigenvalue weighted by Gasteiger charge is -2.04. The van der Waals surface area contributed by atoms with E-state index >= 15 is 0 Å². The van der Waals surface area contributed by atoms with Crippen LogP contribution < -0.4 is 0 Å². The van der Waals surface area contributed by atoms with E-state index in [2.05, 4.69) is 11.1 Å². The van der Waals surface area contributed by atoms with Crippen molar-refractivity contribution in [3.05, 3.63) is 0 Å². The van der Waals surface area contributed by atoms with Crippen LogP contribution in [0.15, 0.2) is 0 Å². The molecule has 0 aliphatic heterocycles. The molecule has 1 N–H and O–H groups in total. The molecular formula is C10H20O5S. The highest BCUT2D eigenvalue weighted by atomic mass is 32.2. The zero-order chi connectivity index (χ0) is 12.4. The summed E-state index contributed by atoms with van der Waals surface area (Å²) in [5.41, 5.74) is 0. The van der Waals surface area contributed by atoms with E-state index in [4.69, 9.17) is 5.11 Å². The fraction of sp³-hybridized carbons (Fsp3) is 0.900. The molecule has 0 fully saturated rings. The molecule has 0 unspecified atom stereocenters. The molecule has 0 aromatic carbocycles. The number of unbranched alkanes of at least 4 members (excludes halogenated alkanes) is 5. The molecule has 0 saturated heterocycles. The third-order valence-corrected chi connectivity index (χ3v) is 3.33. The van der Waals surface area contributed by atoms with E-state index in [1.165, 1.54) is 0 Å². The van der Waals surface area contributed by atoms with Crippen LogP contribution in [0.2, 0.25) is 0 Å². The molecule has 0 aromatic rings. The Bertz CT molecular complexity index is 284. The molecule has 16 heavy (non-hydrogen) atoms. The first-order valence-corrected chi connectivity index (χ1v) is 7.15. The van der Waals surface area contributed by atoms with Crippen molar-refractivity contribution in [1.82, 2.24) is 0 Å². The van der Waals surface area contributed by atoms with Crippen LogP contribution in [-0.4, -0.2) is 31.9 Å². The Balaban J connectivity index is 3.63. The summed E-state index contributed by atoms with van der Waals surface area (Å²) in [7, 11) is -3.80. The largest absolute Gasteiger partial charge is 0.385 e. The molecule has 6 heteroatoms. The molecule has 0 rings (SSSR count). The van der Waals surface area contributed by atoms with Crippen LogP contribution in [0.4, 0.5) is 0 Å². The quantitative estimate of drug-likeness (QED) is 0.493. The molecule has 0 aliphatic carbocycles. The van der Waals surface area contributed by atoms with Gasteiger partial charge < -0.3 is 9.29 Å². The van der Waals surface area contributed by atoms with Gasteiger partial charge in [-0.05, 0) is 6.42 Å². The minimum absolute atomic E-state index is 0.162. The van der Waals surface area contributed by atoms with E-state index in [1.807, 2.05) is 0 Å². The van der Waals surface area contributed by atoms with Crippen LogP contribution in [0.5, 0.6) is 0 Å². The van der Waals surface area contributed by atoms with E-state index in [1.54, 1.807) is 0 Å². The van der Waals surface area contributed by atoms with E-state index < -0.39 is 22.7 Å². The minimum Gasteiger partial charge on any atom is -0.385 e. The highest BCUT2D eigenvalue weighted by Crippen LogP contribution is 2.07. The lowest BCUT2D eigenvalue weighted by Crippen LogP contribution is -2.18. The number of rotatable bonds is 9. The maximum Gasteiger partial charge on any atom is 0.347 e. The highest BCUT2D eigenvalue weighted by molar-refractivity contribution is 7.87. The van der Waals surface area contributed by atoms with Crippen molar-refractivity contribution in [2.45, 2.75) is 45.4 Å². The van der Waals surface area contributed by atoms with Gasteiger partial charge in [-0.1, -0.05) is 39.0 Å². The molecule has 0 radical (unpaired) electrons. The molecule has 0 amide bonds. The Morgan fingerprint density at radius 3 is 2.25 bits per heavy atom. The molecule has 96 valence electrons. The Morgan fingerprint density at radius 1 is 1.12 bits per heavy atom. The molecule has 0 spiro atoms. The number of hydrogen-bond donors (Lipinski definition) is 1. The third kappa shape index (κ3) is 8.67. The number of carbonyl (C=O) groups is 1. The second-order valence-corrected chi connectivity index (χ2v) is 5.33. The summed E-state index contributed by atoms with van der Waals surface area (Å²) in [6.07, 6.45) is 5.71. The molecule has 0 aromatic heterocycles. The van der Waals surface area contributed by atoms with Crippen LogP contribution in [0.1, 0.15) is 45.4 Å². The molecule has 5 nitrogen and oxygen atoms in total. The fourth-order valence-electron chi connectivity index (χ4n) is 1.27. The third-order valence-electron chi connectivity index (χ3n) is 2.10. The predicted octanol–water partition coefficient (Wildman–Crippen LogP) is 1.21. The highest BCUT2D eigenvalue weighted by Gasteiger charge is 2.15. The SMILES string of the molecule is CCCCCCCCS(=O)(=O)OC(=O)CO. The summed E-state index contributed by atoms with van der Waals surface area (Å²) in [5.74, 6) is -1.28. The summed E-state index contributed by atoms with van der Waals surface area (Å²) in [6, 6.07) is 0. The molecule has 0 saturated carbocycles. The number of hydrogen-bond acceptors (Lipinski definition) is 5. The van der Waals surface area contributed by atoms with Crippen molar-refractivity contribution >= 4 is 16.1 Å². The zero-order valence-electron chi connectivity index (χ0n) is 9.65. The van der Waals surface area contributed by atoms with Crippen molar-refractivity contribution < 1.29 is 22.5 Å². The lowest BCUT2D eigenvalue weighted by atomic mass is 10.1. The summed E-state index contributed by atoms with van der Waals surface area (Å²) in [4.78, 5) is 10.6. The van der Waals surface area contributed by atoms with Gasteiger partial charge in [0.05, 0.1) is 5.75 Å². The molecule has 0 heterocycles. The van der Waals surface area contributed by atoms with E-state index in [9.17, 15) is 13.2 Å². The van der Waals surface area contributed by atoms with E-state index in [0.29, 0.717) is 6.42 Å². The van der Waals surface area contributed by atoms with Gasteiger partial charge in [-0.2, -0.15) is 8.42 Å². The van der Waals surface area contributed by atoms with Gasteiger partial charge in [0.25, 0.3) is 0 Å². The first-order chi connectivity index (χ1) is 7.52. The zero-order valence-corrected chi connectivity index (χ0v) is 10.5. The number of carbonyl (C=O) groups excluding carboxylic acids is 1. The van der Waals surface area contributed by atoms with Crippen LogP contribution in [0.25, 0.3) is 0 Å². The van der Waals surface area contributed by atoms with Gasteiger partial charge in [0.1, 0.15) is 6.61 Å². The second kappa shape index (κ2) is 8.52. The molecular weight excluding hydrogens is 232 g/mol. The topological polar surface area (TPSA) is 80.7 Å². The van der Waals surface area contributed by atoms with Gasteiger partial charge in [0.2, 0.25) is 0 Å². The summed E-state index contributed by atoms with van der Waals surface area (Å²) in [5, 5.41) is 8.33. The van der Waals surface area contributed by atoms with E-state index in [0.717, 1.165) is 32.1 Å². The van der Waals surface area contributed by atoms with Gasteiger partial charge in [0.15, 0.2) is 0 Å². The monoisotopic (exact) mass is 252 g/mol. The van der Waals surface area contributed by atoms with Crippen molar-refractivity contribution in [1.29, 1.82) is 0 Å².